The molecule has 0 aliphatic heterocycles. The molecule has 4 heteroatoms. The van der Waals surface area contributed by atoms with Crippen LogP contribution in [-0.2, 0) is 13.0 Å². The fourth-order valence-corrected chi connectivity index (χ4v) is 2.66. The Morgan fingerprint density at radius 3 is 2.62 bits per heavy atom. The zero-order chi connectivity index (χ0) is 15.3. The van der Waals surface area contributed by atoms with Crippen LogP contribution in [0.25, 0.3) is 0 Å². The molecule has 0 aromatic carbocycles. The van der Waals surface area contributed by atoms with E-state index >= 15 is 0 Å². The Kier molecular flexibility index (Phi) is 5.37. The summed E-state index contributed by atoms with van der Waals surface area (Å²) in [7, 11) is 2.10. The Morgan fingerprint density at radius 2 is 2.05 bits per heavy atom. The summed E-state index contributed by atoms with van der Waals surface area (Å²) >= 11 is 1.82. The van der Waals surface area contributed by atoms with Crippen LogP contribution in [0.3, 0.4) is 0 Å². The van der Waals surface area contributed by atoms with E-state index in [4.69, 9.17) is 0 Å². The number of thiophene rings is 1. The maximum absolute atomic E-state index is 4.57. The molecule has 2 heterocycles. The van der Waals surface area contributed by atoms with Gasteiger partial charge >= 0.3 is 0 Å². The number of likely N-dealkylation sites (N-methyl/N-ethyl adjacent to an activating group) is 1. The van der Waals surface area contributed by atoms with Gasteiger partial charge in [-0.1, -0.05) is 12.1 Å². The second-order valence-electron chi connectivity index (χ2n) is 6.38. The molecule has 21 heavy (non-hydrogen) atoms. The van der Waals surface area contributed by atoms with E-state index in [1.165, 1.54) is 10.4 Å². The van der Waals surface area contributed by atoms with Crippen molar-refractivity contribution in [2.24, 2.45) is 0 Å². The molecule has 0 aliphatic rings. The third-order valence-electron chi connectivity index (χ3n) is 3.30. The van der Waals surface area contributed by atoms with Crippen molar-refractivity contribution in [3.05, 3.63) is 46.3 Å². The van der Waals surface area contributed by atoms with Gasteiger partial charge in [0.2, 0.25) is 0 Å². The van der Waals surface area contributed by atoms with Gasteiger partial charge in [-0.25, -0.2) is 4.98 Å². The number of hydrogen-bond donors (Lipinski definition) is 1. The van der Waals surface area contributed by atoms with Crippen molar-refractivity contribution in [2.45, 2.75) is 39.3 Å². The molecule has 0 amide bonds. The van der Waals surface area contributed by atoms with Crippen LogP contribution < -0.4 is 10.2 Å². The first-order chi connectivity index (χ1) is 9.94. The van der Waals surface area contributed by atoms with Crippen LogP contribution in [0.1, 0.15) is 31.2 Å². The highest BCUT2D eigenvalue weighted by Gasteiger charge is 2.09. The van der Waals surface area contributed by atoms with E-state index in [0.717, 1.165) is 25.3 Å². The first-order valence-corrected chi connectivity index (χ1v) is 8.25. The Bertz CT molecular complexity index is 526. The normalized spacial score (nSPS) is 11.6. The van der Waals surface area contributed by atoms with Gasteiger partial charge in [-0.15, -0.1) is 11.3 Å². The van der Waals surface area contributed by atoms with Gasteiger partial charge in [-0.05, 0) is 50.3 Å². The van der Waals surface area contributed by atoms with Gasteiger partial charge in [-0.2, -0.15) is 0 Å². The van der Waals surface area contributed by atoms with Gasteiger partial charge in [0, 0.05) is 36.8 Å². The predicted octanol–water partition coefficient (Wildman–Crippen LogP) is 3.71. The highest BCUT2D eigenvalue weighted by atomic mass is 32.1. The van der Waals surface area contributed by atoms with Gasteiger partial charge in [0.1, 0.15) is 5.82 Å². The molecule has 0 bridgehead atoms. The third kappa shape index (κ3) is 5.48. The molecule has 0 saturated carbocycles. The minimum Gasteiger partial charge on any atom is -0.359 e. The fourth-order valence-electron chi connectivity index (χ4n) is 1.96. The fraction of sp³-hybridized carbons (Fsp3) is 0.471. The zero-order valence-corrected chi connectivity index (χ0v) is 14.2. The van der Waals surface area contributed by atoms with E-state index in [1.54, 1.807) is 0 Å². The second-order valence-corrected chi connectivity index (χ2v) is 7.41. The molecule has 114 valence electrons. The number of hydrogen-bond acceptors (Lipinski definition) is 4. The number of anilines is 1. The van der Waals surface area contributed by atoms with Crippen LogP contribution in [0.4, 0.5) is 5.82 Å². The van der Waals surface area contributed by atoms with Crippen molar-refractivity contribution in [1.82, 2.24) is 10.3 Å². The van der Waals surface area contributed by atoms with Crippen LogP contribution in [0.2, 0.25) is 0 Å². The van der Waals surface area contributed by atoms with Gasteiger partial charge < -0.3 is 10.2 Å². The van der Waals surface area contributed by atoms with Gasteiger partial charge in [0.25, 0.3) is 0 Å². The molecule has 0 aliphatic carbocycles. The molecule has 2 aromatic heterocycles. The van der Waals surface area contributed by atoms with E-state index in [0.29, 0.717) is 0 Å². The van der Waals surface area contributed by atoms with Crippen LogP contribution in [0.5, 0.6) is 0 Å². The molecular formula is C17H25N3S. The Labute approximate surface area is 132 Å². The van der Waals surface area contributed by atoms with E-state index in [-0.39, 0.29) is 5.54 Å². The van der Waals surface area contributed by atoms with Crippen molar-refractivity contribution in [1.29, 1.82) is 0 Å². The lowest BCUT2D eigenvalue weighted by molar-refractivity contribution is 0.424. The maximum atomic E-state index is 4.57. The summed E-state index contributed by atoms with van der Waals surface area (Å²) < 4.78 is 0. The summed E-state index contributed by atoms with van der Waals surface area (Å²) in [5.41, 5.74) is 1.36. The van der Waals surface area contributed by atoms with E-state index in [1.807, 2.05) is 17.5 Å². The van der Waals surface area contributed by atoms with Crippen molar-refractivity contribution in [3.63, 3.8) is 0 Å². The molecule has 2 aromatic rings. The van der Waals surface area contributed by atoms with Gasteiger partial charge in [0.15, 0.2) is 0 Å². The van der Waals surface area contributed by atoms with Crippen molar-refractivity contribution >= 4 is 17.2 Å². The number of rotatable bonds is 6. The quantitative estimate of drug-likeness (QED) is 0.882. The van der Waals surface area contributed by atoms with E-state index < -0.39 is 0 Å². The first kappa shape index (κ1) is 16.0. The van der Waals surface area contributed by atoms with Crippen LogP contribution >= 0.6 is 11.3 Å². The molecule has 3 nitrogen and oxygen atoms in total. The minimum atomic E-state index is 0.135. The van der Waals surface area contributed by atoms with Crippen molar-refractivity contribution < 1.29 is 0 Å². The highest BCUT2D eigenvalue weighted by molar-refractivity contribution is 7.09. The van der Waals surface area contributed by atoms with Crippen LogP contribution in [0, 0.1) is 0 Å². The van der Waals surface area contributed by atoms with Gasteiger partial charge in [0.05, 0.1) is 0 Å². The summed E-state index contributed by atoms with van der Waals surface area (Å²) in [5, 5.41) is 5.61. The molecule has 0 spiro atoms. The molecule has 0 unspecified atom stereocenters. The highest BCUT2D eigenvalue weighted by Crippen LogP contribution is 2.14. The van der Waals surface area contributed by atoms with Crippen molar-refractivity contribution in [2.75, 3.05) is 18.5 Å². The Morgan fingerprint density at radius 1 is 1.24 bits per heavy atom. The smallest absolute Gasteiger partial charge is 0.128 e. The maximum Gasteiger partial charge on any atom is 0.128 e. The molecule has 2 rings (SSSR count). The van der Waals surface area contributed by atoms with E-state index in [9.17, 15) is 0 Å². The van der Waals surface area contributed by atoms with Crippen LogP contribution in [0.15, 0.2) is 35.8 Å². The summed E-state index contributed by atoms with van der Waals surface area (Å²) in [5.74, 6) is 1.03. The molecule has 0 fully saturated rings. The average Bonchev–Trinajstić information content (AvgIpc) is 2.95. The monoisotopic (exact) mass is 303 g/mol. The SMILES string of the molecule is CN(CCc1cccs1)c1ccc(CNC(C)(C)C)cn1. The second kappa shape index (κ2) is 7.05. The number of nitrogens with one attached hydrogen (secondary N) is 1. The topological polar surface area (TPSA) is 28.2 Å². The zero-order valence-electron chi connectivity index (χ0n) is 13.4. The lowest BCUT2D eigenvalue weighted by Crippen LogP contribution is -2.35. The molecule has 0 atom stereocenters. The summed E-state index contributed by atoms with van der Waals surface area (Å²) in [6.45, 7) is 8.37. The third-order valence-corrected chi connectivity index (χ3v) is 4.23. The first-order valence-electron chi connectivity index (χ1n) is 7.37. The lowest BCUT2D eigenvalue weighted by Gasteiger charge is -2.21. The number of aromatic nitrogens is 1. The molecule has 0 radical (unpaired) electrons. The van der Waals surface area contributed by atoms with Crippen molar-refractivity contribution in [3.8, 4) is 0 Å². The number of pyridine rings is 1. The van der Waals surface area contributed by atoms with Crippen LogP contribution in [-0.4, -0.2) is 24.1 Å². The predicted molar refractivity (Wildman–Crippen MR) is 92.1 cm³/mol. The lowest BCUT2D eigenvalue weighted by atomic mass is 10.1. The average molecular weight is 303 g/mol. The summed E-state index contributed by atoms with van der Waals surface area (Å²) in [6.07, 6.45) is 3.04. The van der Waals surface area contributed by atoms with E-state index in [2.05, 4.69) is 72.7 Å². The molecular weight excluding hydrogens is 278 g/mol. The summed E-state index contributed by atoms with van der Waals surface area (Å²) in [4.78, 5) is 8.20. The Hall–Kier alpha value is -1.39. The summed E-state index contributed by atoms with van der Waals surface area (Å²) in [6, 6.07) is 8.55. The Balaban J connectivity index is 1.86. The minimum absolute atomic E-state index is 0.135. The largest absolute Gasteiger partial charge is 0.359 e. The number of nitrogens with zero attached hydrogens (tertiary/aromatic N) is 2. The molecule has 1 N–H and O–H groups in total. The van der Waals surface area contributed by atoms with Gasteiger partial charge in [-0.3, -0.25) is 0 Å². The molecule has 0 saturated heterocycles. The standard InChI is InChI=1S/C17H25N3S/c1-17(2,3)19-13-14-7-8-16(18-12-14)20(4)10-9-15-6-5-11-21-15/h5-8,11-12,19H,9-10,13H2,1-4H3.